The summed E-state index contributed by atoms with van der Waals surface area (Å²) in [6.07, 6.45) is 3.72. The lowest BCUT2D eigenvalue weighted by atomic mass is 10.1. The third kappa shape index (κ3) is 6.06. The minimum Gasteiger partial charge on any atom is -0.325 e. The third-order valence-corrected chi connectivity index (χ3v) is 6.38. The highest BCUT2D eigenvalue weighted by Crippen LogP contribution is 2.25. The Kier molecular flexibility index (Phi) is 7.87. The summed E-state index contributed by atoms with van der Waals surface area (Å²) in [5.74, 6) is 0.0584. The van der Waals surface area contributed by atoms with Gasteiger partial charge in [0.05, 0.1) is 23.2 Å². The van der Waals surface area contributed by atoms with Crippen LogP contribution in [0.3, 0.4) is 0 Å². The van der Waals surface area contributed by atoms with Crippen molar-refractivity contribution in [1.82, 2.24) is 14.7 Å². The number of likely N-dealkylation sites (tertiary alicyclic amines) is 1. The van der Waals surface area contributed by atoms with Gasteiger partial charge in [-0.2, -0.15) is 5.10 Å². The first kappa shape index (κ1) is 22.3. The van der Waals surface area contributed by atoms with E-state index in [1.165, 1.54) is 36.0 Å². The van der Waals surface area contributed by atoms with E-state index in [-0.39, 0.29) is 29.4 Å². The molecule has 2 aromatic rings. The average Bonchev–Trinajstić information content (AvgIpc) is 3.21. The molecule has 7 nitrogen and oxygen atoms in total. The van der Waals surface area contributed by atoms with Crippen LogP contribution in [-0.4, -0.2) is 57.1 Å². The fourth-order valence-electron chi connectivity index (χ4n) is 3.42. The highest BCUT2D eigenvalue weighted by atomic mass is 32.2. The van der Waals surface area contributed by atoms with Gasteiger partial charge in [0, 0.05) is 24.8 Å². The van der Waals surface area contributed by atoms with Crippen LogP contribution in [0.15, 0.2) is 36.5 Å². The van der Waals surface area contributed by atoms with Gasteiger partial charge in [0.15, 0.2) is 0 Å². The van der Waals surface area contributed by atoms with E-state index >= 15 is 0 Å². The molecule has 2 N–H and O–H groups in total. The number of piperidine rings is 1. The number of carbonyl (C=O) groups excluding carboxylic acids is 2. The van der Waals surface area contributed by atoms with E-state index in [1.807, 2.05) is 10.7 Å². The molecule has 0 spiro atoms. The van der Waals surface area contributed by atoms with Crippen LogP contribution in [0, 0.1) is 5.82 Å². The van der Waals surface area contributed by atoms with Crippen molar-refractivity contribution in [2.45, 2.75) is 38.0 Å². The van der Waals surface area contributed by atoms with E-state index in [9.17, 15) is 14.0 Å². The van der Waals surface area contributed by atoms with Crippen molar-refractivity contribution in [2.75, 3.05) is 36.0 Å². The Hall–Kier alpha value is -2.39. The molecule has 3 rings (SSSR count). The number of halogens is 1. The fourth-order valence-corrected chi connectivity index (χ4v) is 4.10. The first-order chi connectivity index (χ1) is 14.5. The largest absolute Gasteiger partial charge is 0.325 e. The van der Waals surface area contributed by atoms with Crippen molar-refractivity contribution in [3.8, 4) is 0 Å². The second-order valence-corrected chi connectivity index (χ2v) is 8.65. The first-order valence-electron chi connectivity index (χ1n) is 10.2. The molecular formula is C21H28FN5O2S. The number of thioether (sulfide) groups is 1. The van der Waals surface area contributed by atoms with Gasteiger partial charge in [-0.3, -0.25) is 9.59 Å². The van der Waals surface area contributed by atoms with E-state index in [4.69, 9.17) is 0 Å². The molecule has 1 aliphatic rings. The van der Waals surface area contributed by atoms with Crippen molar-refractivity contribution in [2.24, 2.45) is 0 Å². The molecular weight excluding hydrogens is 405 g/mol. The lowest BCUT2D eigenvalue weighted by molar-refractivity contribution is -0.115. The molecule has 0 bridgehead atoms. The zero-order valence-corrected chi connectivity index (χ0v) is 18.1. The van der Waals surface area contributed by atoms with Crippen molar-refractivity contribution >= 4 is 35.1 Å². The number of hydrogen-bond acceptors (Lipinski definition) is 5. The molecule has 0 radical (unpaired) electrons. The predicted molar refractivity (Wildman–Crippen MR) is 118 cm³/mol. The summed E-state index contributed by atoms with van der Waals surface area (Å²) >= 11 is 1.25. The maximum atomic E-state index is 12.9. The number of amides is 2. The number of benzene rings is 1. The van der Waals surface area contributed by atoms with Gasteiger partial charge in [-0.25, -0.2) is 9.07 Å². The summed E-state index contributed by atoms with van der Waals surface area (Å²) in [6, 6.07) is 7.66. The highest BCUT2D eigenvalue weighted by molar-refractivity contribution is 8.01. The van der Waals surface area contributed by atoms with Gasteiger partial charge in [-0.1, -0.05) is 6.92 Å². The zero-order chi connectivity index (χ0) is 21.5. The summed E-state index contributed by atoms with van der Waals surface area (Å²) in [6.45, 7) is 7.05. The molecule has 1 fully saturated rings. The predicted octanol–water partition coefficient (Wildman–Crippen LogP) is 3.38. The molecule has 9 heteroatoms. The van der Waals surface area contributed by atoms with Gasteiger partial charge in [0.1, 0.15) is 11.6 Å². The Bertz CT molecular complexity index is 849. The van der Waals surface area contributed by atoms with Crippen molar-refractivity contribution < 1.29 is 14.0 Å². The fraction of sp³-hybridized carbons (Fsp3) is 0.476. The van der Waals surface area contributed by atoms with Crippen LogP contribution in [0.5, 0.6) is 0 Å². The molecule has 0 saturated carbocycles. The molecule has 1 aliphatic heterocycles. The Balaban J connectivity index is 1.47. The van der Waals surface area contributed by atoms with Crippen LogP contribution in [-0.2, 0) is 9.59 Å². The third-order valence-electron chi connectivity index (χ3n) is 5.23. The number of carbonyl (C=O) groups is 2. The van der Waals surface area contributed by atoms with Gasteiger partial charge < -0.3 is 15.5 Å². The molecule has 0 aliphatic carbocycles. The molecule has 1 atom stereocenters. The van der Waals surface area contributed by atoms with Crippen LogP contribution < -0.4 is 10.6 Å². The molecule has 30 heavy (non-hydrogen) atoms. The normalized spacial score (nSPS) is 16.2. The SMILES string of the molecule is CCN1CCC(n2nccc2NC(=O)C(C)SCC(=O)Nc2ccc(F)cc2)CC1. The molecule has 1 saturated heterocycles. The molecule has 2 heterocycles. The number of rotatable bonds is 8. The summed E-state index contributed by atoms with van der Waals surface area (Å²) in [7, 11) is 0. The smallest absolute Gasteiger partial charge is 0.238 e. The minimum absolute atomic E-state index is 0.126. The van der Waals surface area contributed by atoms with Gasteiger partial charge in [-0.15, -0.1) is 11.8 Å². The Morgan fingerprint density at radius 1 is 1.20 bits per heavy atom. The molecule has 1 aromatic carbocycles. The summed E-state index contributed by atoms with van der Waals surface area (Å²) in [4.78, 5) is 27.1. The van der Waals surface area contributed by atoms with E-state index in [0.29, 0.717) is 11.5 Å². The van der Waals surface area contributed by atoms with Crippen LogP contribution in [0.1, 0.15) is 32.7 Å². The Morgan fingerprint density at radius 2 is 1.90 bits per heavy atom. The van der Waals surface area contributed by atoms with E-state index in [2.05, 4.69) is 27.6 Å². The first-order valence-corrected chi connectivity index (χ1v) is 11.2. The number of aromatic nitrogens is 2. The second-order valence-electron chi connectivity index (χ2n) is 7.32. The van der Waals surface area contributed by atoms with Crippen LogP contribution >= 0.6 is 11.8 Å². The van der Waals surface area contributed by atoms with Gasteiger partial charge in [0.25, 0.3) is 0 Å². The van der Waals surface area contributed by atoms with Crippen LogP contribution in [0.25, 0.3) is 0 Å². The summed E-state index contributed by atoms with van der Waals surface area (Å²) in [5, 5.41) is 9.65. The van der Waals surface area contributed by atoms with E-state index < -0.39 is 5.25 Å². The molecule has 1 unspecified atom stereocenters. The minimum atomic E-state index is -0.408. The highest BCUT2D eigenvalue weighted by Gasteiger charge is 2.23. The van der Waals surface area contributed by atoms with E-state index in [0.717, 1.165) is 32.5 Å². The average molecular weight is 434 g/mol. The number of hydrogen-bond donors (Lipinski definition) is 2. The van der Waals surface area contributed by atoms with Crippen molar-refractivity contribution in [3.63, 3.8) is 0 Å². The summed E-state index contributed by atoms with van der Waals surface area (Å²) < 4.78 is 14.8. The number of nitrogens with one attached hydrogen (secondary N) is 2. The second kappa shape index (κ2) is 10.6. The van der Waals surface area contributed by atoms with Gasteiger partial charge in [-0.05, 0) is 50.6 Å². The molecule has 1 aromatic heterocycles. The zero-order valence-electron chi connectivity index (χ0n) is 17.3. The number of nitrogens with zero attached hydrogens (tertiary/aromatic N) is 3. The standard InChI is InChI=1S/C21H28FN5O2S/c1-3-26-12-9-18(10-13-26)27-19(8-11-23-27)25-21(29)15(2)30-14-20(28)24-17-6-4-16(22)5-7-17/h4-8,11,15,18H,3,9-10,12-14H2,1-2H3,(H,24,28)(H,25,29). The number of anilines is 2. The monoisotopic (exact) mass is 433 g/mol. The summed E-state index contributed by atoms with van der Waals surface area (Å²) in [5.41, 5.74) is 0.525. The van der Waals surface area contributed by atoms with Gasteiger partial charge >= 0.3 is 0 Å². The lowest BCUT2D eigenvalue weighted by Gasteiger charge is -2.31. The Labute approximate surface area is 180 Å². The van der Waals surface area contributed by atoms with Gasteiger partial charge in [0.2, 0.25) is 11.8 Å². The van der Waals surface area contributed by atoms with E-state index in [1.54, 1.807) is 13.1 Å². The Morgan fingerprint density at radius 3 is 2.57 bits per heavy atom. The van der Waals surface area contributed by atoms with Crippen LogP contribution in [0.4, 0.5) is 15.9 Å². The maximum absolute atomic E-state index is 12.9. The maximum Gasteiger partial charge on any atom is 0.238 e. The lowest BCUT2D eigenvalue weighted by Crippen LogP contribution is -2.35. The molecule has 162 valence electrons. The van der Waals surface area contributed by atoms with Crippen molar-refractivity contribution in [1.29, 1.82) is 0 Å². The molecule has 2 amide bonds. The van der Waals surface area contributed by atoms with Crippen LogP contribution in [0.2, 0.25) is 0 Å². The van der Waals surface area contributed by atoms with Crippen molar-refractivity contribution in [3.05, 3.63) is 42.3 Å². The topological polar surface area (TPSA) is 79.3 Å². The quantitative estimate of drug-likeness (QED) is 0.667.